The van der Waals surface area contributed by atoms with Crippen molar-refractivity contribution in [3.8, 4) is 0 Å². The van der Waals surface area contributed by atoms with E-state index in [-0.39, 0.29) is 0 Å². The largest absolute Gasteiger partial charge is 0.308 e. The summed E-state index contributed by atoms with van der Waals surface area (Å²) in [6.45, 7) is 5.71. The molecule has 3 rings (SSSR count). The zero-order valence-electron chi connectivity index (χ0n) is 11.7. The fraction of sp³-hybridized carbons (Fsp3) is 0.222. The van der Waals surface area contributed by atoms with Crippen molar-refractivity contribution in [3.63, 3.8) is 0 Å². The van der Waals surface area contributed by atoms with Crippen LogP contribution in [0.3, 0.4) is 0 Å². The predicted octanol–water partition coefficient (Wildman–Crippen LogP) is 3.79. The van der Waals surface area contributed by atoms with E-state index in [9.17, 15) is 0 Å². The fourth-order valence-corrected chi connectivity index (χ4v) is 2.66. The van der Waals surface area contributed by atoms with Crippen LogP contribution < -0.4 is 10.4 Å². The third kappa shape index (κ3) is 2.75. The lowest BCUT2D eigenvalue weighted by atomic mass is 10.0. The number of nitrogens with one attached hydrogen (secondary N) is 1. The van der Waals surface area contributed by atoms with Crippen molar-refractivity contribution in [3.05, 3.63) is 71.8 Å². The number of aryl methyl sites for hydroxylation is 1. The molecular formula is C18H20N2. The maximum absolute atomic E-state index is 3.78. The Bertz CT molecular complexity index is 587. The minimum absolute atomic E-state index is 0.853. The van der Waals surface area contributed by atoms with E-state index < -0.39 is 0 Å². The maximum Gasteiger partial charge on any atom is 0.0551 e. The Labute approximate surface area is 120 Å². The number of anilines is 1. The van der Waals surface area contributed by atoms with Gasteiger partial charge in [-0.2, -0.15) is 0 Å². The number of rotatable bonds is 4. The van der Waals surface area contributed by atoms with E-state index >= 15 is 0 Å². The molecule has 102 valence electrons. The summed E-state index contributed by atoms with van der Waals surface area (Å²) in [5, 5.41) is 2.28. The zero-order chi connectivity index (χ0) is 13.8. The van der Waals surface area contributed by atoms with E-state index in [1.165, 1.54) is 29.7 Å². The van der Waals surface area contributed by atoms with Crippen LogP contribution in [0.2, 0.25) is 0 Å². The van der Waals surface area contributed by atoms with Gasteiger partial charge in [-0.15, -0.1) is 0 Å². The van der Waals surface area contributed by atoms with Crippen molar-refractivity contribution in [1.82, 2.24) is 5.43 Å². The molecule has 0 spiro atoms. The number of hydrogen-bond acceptors (Lipinski definition) is 2. The predicted molar refractivity (Wildman–Crippen MR) is 85.5 cm³/mol. The first-order valence-corrected chi connectivity index (χ1v) is 7.17. The van der Waals surface area contributed by atoms with Crippen molar-refractivity contribution in [1.29, 1.82) is 0 Å². The Balaban J connectivity index is 1.68. The van der Waals surface area contributed by atoms with Crippen LogP contribution in [0.1, 0.15) is 23.1 Å². The van der Waals surface area contributed by atoms with Gasteiger partial charge in [0.1, 0.15) is 0 Å². The monoisotopic (exact) mass is 264 g/mol. The van der Waals surface area contributed by atoms with Gasteiger partial charge in [0.25, 0.3) is 0 Å². The first-order chi connectivity index (χ1) is 9.86. The molecule has 0 aliphatic carbocycles. The van der Waals surface area contributed by atoms with E-state index in [0.717, 1.165) is 18.7 Å². The van der Waals surface area contributed by atoms with Crippen molar-refractivity contribution < 1.29 is 0 Å². The molecule has 0 bridgehead atoms. The first kappa shape index (κ1) is 12.9. The van der Waals surface area contributed by atoms with Crippen LogP contribution in [0.15, 0.2) is 55.1 Å². The Morgan fingerprint density at radius 3 is 2.70 bits per heavy atom. The van der Waals surface area contributed by atoms with Crippen LogP contribution in [0, 0.1) is 0 Å². The summed E-state index contributed by atoms with van der Waals surface area (Å²) in [7, 11) is 0. The summed E-state index contributed by atoms with van der Waals surface area (Å²) >= 11 is 0. The molecule has 1 heterocycles. The van der Waals surface area contributed by atoms with Gasteiger partial charge in [0.15, 0.2) is 0 Å². The second kappa shape index (κ2) is 5.93. The Morgan fingerprint density at radius 2 is 1.90 bits per heavy atom. The van der Waals surface area contributed by atoms with Crippen molar-refractivity contribution >= 4 is 11.8 Å². The zero-order valence-corrected chi connectivity index (χ0v) is 11.7. The summed E-state index contributed by atoms with van der Waals surface area (Å²) in [4.78, 5) is 0. The van der Waals surface area contributed by atoms with Gasteiger partial charge in [-0.05, 0) is 35.6 Å². The van der Waals surface area contributed by atoms with Gasteiger partial charge in [0, 0.05) is 13.1 Å². The van der Waals surface area contributed by atoms with Crippen LogP contribution in [0.5, 0.6) is 0 Å². The Hall–Kier alpha value is -2.06. The highest BCUT2D eigenvalue weighted by Gasteiger charge is 2.15. The van der Waals surface area contributed by atoms with Crippen LogP contribution in [0.25, 0.3) is 6.08 Å². The average molecular weight is 264 g/mol. The highest BCUT2D eigenvalue weighted by molar-refractivity contribution is 5.54. The lowest BCUT2D eigenvalue weighted by molar-refractivity contribution is 0.580. The molecular weight excluding hydrogens is 244 g/mol. The number of nitrogens with zero attached hydrogens (tertiary/aromatic N) is 1. The van der Waals surface area contributed by atoms with Gasteiger partial charge < -0.3 is 5.01 Å². The van der Waals surface area contributed by atoms with Gasteiger partial charge in [0.2, 0.25) is 0 Å². The lowest BCUT2D eigenvalue weighted by Gasteiger charge is -2.31. The van der Waals surface area contributed by atoms with Crippen LogP contribution in [-0.4, -0.2) is 6.54 Å². The number of para-hydroxylation sites is 1. The lowest BCUT2D eigenvalue weighted by Crippen LogP contribution is -2.41. The van der Waals surface area contributed by atoms with Crippen molar-refractivity contribution in [2.45, 2.75) is 19.4 Å². The molecule has 0 aromatic heterocycles. The quantitative estimate of drug-likeness (QED) is 0.904. The third-order valence-electron chi connectivity index (χ3n) is 3.80. The smallest absolute Gasteiger partial charge is 0.0551 e. The molecule has 2 aromatic rings. The molecule has 1 aliphatic rings. The average Bonchev–Trinajstić information content (AvgIpc) is 2.53. The number of hydrazine groups is 1. The molecule has 20 heavy (non-hydrogen) atoms. The van der Waals surface area contributed by atoms with E-state index in [2.05, 4.69) is 65.5 Å². The molecule has 0 atom stereocenters. The minimum Gasteiger partial charge on any atom is -0.308 e. The van der Waals surface area contributed by atoms with E-state index in [1.807, 2.05) is 6.08 Å². The highest BCUT2D eigenvalue weighted by Crippen LogP contribution is 2.25. The van der Waals surface area contributed by atoms with Crippen molar-refractivity contribution in [2.24, 2.45) is 0 Å². The first-order valence-electron chi connectivity index (χ1n) is 7.17. The molecule has 1 N–H and O–H groups in total. The SMILES string of the molecule is C=Cc1ccc(CNN2CCCc3ccccc32)cc1. The number of benzene rings is 2. The summed E-state index contributed by atoms with van der Waals surface area (Å²) in [6.07, 6.45) is 4.26. The summed E-state index contributed by atoms with van der Waals surface area (Å²) < 4.78 is 0. The van der Waals surface area contributed by atoms with Crippen molar-refractivity contribution in [2.75, 3.05) is 11.6 Å². The molecule has 2 nitrogen and oxygen atoms in total. The highest BCUT2D eigenvalue weighted by atomic mass is 15.5. The molecule has 0 fully saturated rings. The minimum atomic E-state index is 0.853. The Morgan fingerprint density at radius 1 is 1.10 bits per heavy atom. The molecule has 0 radical (unpaired) electrons. The second-order valence-corrected chi connectivity index (χ2v) is 5.16. The number of hydrogen-bond donors (Lipinski definition) is 1. The molecule has 2 heteroatoms. The standard InChI is InChI=1S/C18H20N2/c1-2-15-9-11-16(12-10-15)14-19-20-13-5-7-17-6-3-4-8-18(17)20/h2-4,6,8-12,19H,1,5,7,13-14H2. The Kier molecular flexibility index (Phi) is 3.84. The maximum atomic E-state index is 3.78. The topological polar surface area (TPSA) is 15.3 Å². The normalized spacial score (nSPS) is 13.9. The molecule has 0 saturated heterocycles. The number of fused-ring (bicyclic) bond motifs is 1. The third-order valence-corrected chi connectivity index (χ3v) is 3.80. The molecule has 0 saturated carbocycles. The van der Waals surface area contributed by atoms with Gasteiger partial charge in [-0.25, -0.2) is 5.43 Å². The van der Waals surface area contributed by atoms with E-state index in [1.54, 1.807) is 0 Å². The molecule has 0 unspecified atom stereocenters. The fourth-order valence-electron chi connectivity index (χ4n) is 2.66. The van der Waals surface area contributed by atoms with Gasteiger partial charge >= 0.3 is 0 Å². The van der Waals surface area contributed by atoms with Gasteiger partial charge in [-0.3, -0.25) is 0 Å². The molecule has 2 aromatic carbocycles. The van der Waals surface area contributed by atoms with E-state index in [0.29, 0.717) is 0 Å². The van der Waals surface area contributed by atoms with Crippen LogP contribution in [0.4, 0.5) is 5.69 Å². The summed E-state index contributed by atoms with van der Waals surface area (Å²) in [6, 6.07) is 17.2. The van der Waals surface area contributed by atoms with Gasteiger partial charge in [0.05, 0.1) is 5.69 Å². The second-order valence-electron chi connectivity index (χ2n) is 5.16. The van der Waals surface area contributed by atoms with Crippen LogP contribution in [-0.2, 0) is 13.0 Å². The molecule has 0 amide bonds. The molecule has 1 aliphatic heterocycles. The summed E-state index contributed by atoms with van der Waals surface area (Å²) in [5.74, 6) is 0. The van der Waals surface area contributed by atoms with Gasteiger partial charge in [-0.1, -0.05) is 55.1 Å². The van der Waals surface area contributed by atoms with E-state index in [4.69, 9.17) is 0 Å². The summed E-state index contributed by atoms with van der Waals surface area (Å²) in [5.41, 5.74) is 8.75. The van der Waals surface area contributed by atoms with Crippen LogP contribution >= 0.6 is 0 Å².